The van der Waals surface area contributed by atoms with Crippen LogP contribution in [-0.4, -0.2) is 66.0 Å². The van der Waals surface area contributed by atoms with Crippen molar-refractivity contribution in [1.29, 1.82) is 0 Å². The first kappa shape index (κ1) is 35.6. The molecule has 6 aliphatic rings. The number of fused-ring (bicyclic) bond motifs is 7. The summed E-state index contributed by atoms with van der Waals surface area (Å²) in [4.78, 5) is 55.2. The van der Waals surface area contributed by atoms with Crippen LogP contribution >= 0.6 is 0 Å². The maximum Gasteiger partial charge on any atom is 0.309 e. The normalized spacial score (nSPS) is 40.9. The van der Waals surface area contributed by atoms with Crippen LogP contribution in [0.5, 0.6) is 0 Å². The Morgan fingerprint density at radius 3 is 2.21 bits per heavy atom. The Labute approximate surface area is 288 Å². The Hall–Kier alpha value is -2.22. The number of morpholine rings is 1. The Bertz CT molecular complexity index is 1410. The van der Waals surface area contributed by atoms with Crippen molar-refractivity contribution in [1.82, 2.24) is 4.90 Å². The summed E-state index contributed by atoms with van der Waals surface area (Å²) < 4.78 is 11.7. The van der Waals surface area contributed by atoms with E-state index in [1.54, 1.807) is 13.8 Å². The summed E-state index contributed by atoms with van der Waals surface area (Å²) >= 11 is 0. The largest absolute Gasteiger partial charge is 0.481 e. The summed E-state index contributed by atoms with van der Waals surface area (Å²) in [6, 6.07) is 0. The van der Waals surface area contributed by atoms with Crippen molar-refractivity contribution < 1.29 is 33.8 Å². The van der Waals surface area contributed by atoms with E-state index in [0.717, 1.165) is 56.9 Å². The molecule has 0 aromatic rings. The zero-order valence-corrected chi connectivity index (χ0v) is 31.1. The summed E-state index contributed by atoms with van der Waals surface area (Å²) in [6.07, 6.45) is 7.58. The highest BCUT2D eigenvalue weighted by molar-refractivity contribution is 6.07. The highest BCUT2D eigenvalue weighted by Gasteiger charge is 2.71. The predicted octanol–water partition coefficient (Wildman–Crippen LogP) is 7.24. The predicted molar refractivity (Wildman–Crippen MR) is 183 cm³/mol. The van der Waals surface area contributed by atoms with E-state index in [-0.39, 0.29) is 57.7 Å². The van der Waals surface area contributed by atoms with E-state index in [1.165, 1.54) is 5.57 Å². The van der Waals surface area contributed by atoms with Crippen LogP contribution in [-0.2, 0) is 28.7 Å². The van der Waals surface area contributed by atoms with Crippen LogP contribution in [0.15, 0.2) is 11.1 Å². The third-order valence-electron chi connectivity index (χ3n) is 15.5. The number of ketones is 1. The van der Waals surface area contributed by atoms with Gasteiger partial charge >= 0.3 is 11.9 Å². The molecule has 1 saturated heterocycles. The van der Waals surface area contributed by atoms with Gasteiger partial charge in [-0.25, -0.2) is 0 Å². The Balaban J connectivity index is 1.31. The lowest BCUT2D eigenvalue weighted by Gasteiger charge is -2.72. The molecule has 0 unspecified atom stereocenters. The van der Waals surface area contributed by atoms with Gasteiger partial charge in [-0.15, -0.1) is 0 Å². The Kier molecular flexibility index (Phi) is 8.65. The van der Waals surface area contributed by atoms with Crippen LogP contribution in [0.2, 0.25) is 0 Å². The number of nitrogens with zero attached hydrogens (tertiary/aromatic N) is 1. The number of Topliss-reactive ketones (excluding diaryl/α,β-unsaturated/α-hetero) is 1. The zero-order chi connectivity index (χ0) is 35.2. The molecule has 0 aromatic carbocycles. The number of allylic oxidation sites excluding steroid dienone is 1. The molecule has 1 heterocycles. The molecule has 8 atom stereocenters. The summed E-state index contributed by atoms with van der Waals surface area (Å²) in [6.45, 7) is 21.8. The number of carboxylic acids is 1. The average molecular weight is 668 g/mol. The van der Waals surface area contributed by atoms with Crippen molar-refractivity contribution in [3.63, 3.8) is 0 Å². The lowest BCUT2D eigenvalue weighted by atomic mass is 9.33. The maximum atomic E-state index is 14.6. The number of carbonyl (C=O) groups excluding carboxylic acids is 3. The van der Waals surface area contributed by atoms with Crippen LogP contribution in [0.4, 0.5) is 0 Å². The highest BCUT2D eigenvalue weighted by atomic mass is 16.5. The number of hydrogen-bond donors (Lipinski definition) is 1. The average Bonchev–Trinajstić information content (AvgIpc) is 3.32. The Morgan fingerprint density at radius 2 is 1.58 bits per heavy atom. The van der Waals surface area contributed by atoms with Crippen LogP contribution in [0.25, 0.3) is 0 Å². The molecule has 5 aliphatic carbocycles. The molecule has 1 aliphatic heterocycles. The third-order valence-corrected chi connectivity index (χ3v) is 15.5. The van der Waals surface area contributed by atoms with E-state index in [4.69, 9.17) is 9.47 Å². The third kappa shape index (κ3) is 4.98. The molecule has 6 rings (SSSR count). The molecule has 268 valence electrons. The van der Waals surface area contributed by atoms with Gasteiger partial charge in [-0.3, -0.25) is 19.2 Å². The van der Waals surface area contributed by atoms with Crippen molar-refractivity contribution >= 4 is 23.6 Å². The first-order valence-electron chi connectivity index (χ1n) is 18.8. The monoisotopic (exact) mass is 667 g/mol. The molecule has 8 heteroatoms. The van der Waals surface area contributed by atoms with E-state index in [9.17, 15) is 24.3 Å². The van der Waals surface area contributed by atoms with E-state index in [2.05, 4.69) is 48.5 Å². The van der Waals surface area contributed by atoms with Crippen LogP contribution in [0, 0.1) is 56.2 Å². The van der Waals surface area contributed by atoms with E-state index >= 15 is 0 Å². The molecule has 48 heavy (non-hydrogen) atoms. The van der Waals surface area contributed by atoms with E-state index in [1.807, 2.05) is 4.90 Å². The lowest BCUT2D eigenvalue weighted by Crippen LogP contribution is -2.66. The van der Waals surface area contributed by atoms with Crippen LogP contribution in [0.3, 0.4) is 0 Å². The SMILES string of the molecule is CC(C)C1=C2[C@H]3CC[C@@H]4[C@@]5(C)CC[C@H](OC(=O)CC(C)(C)C(=O)O)C(C)(C)[C@@H]5CC[C@@]4(C)[C@]3(C)CC[C@@]2(C(=O)N2CCOCC2)CC1=O. The number of esters is 1. The minimum absolute atomic E-state index is 0.0331. The molecule has 0 aromatic heterocycles. The fraction of sp³-hybridized carbons (Fsp3) is 0.850. The molecule has 8 nitrogen and oxygen atoms in total. The maximum absolute atomic E-state index is 14.6. The second-order valence-corrected chi connectivity index (χ2v) is 18.9. The Morgan fingerprint density at radius 1 is 0.917 bits per heavy atom. The van der Waals surface area contributed by atoms with Crippen molar-refractivity contribution in [3.8, 4) is 0 Å². The second-order valence-electron chi connectivity index (χ2n) is 18.9. The number of amides is 1. The van der Waals surface area contributed by atoms with Gasteiger partial charge in [0, 0.05) is 24.9 Å². The van der Waals surface area contributed by atoms with Crippen LogP contribution in [0.1, 0.15) is 127 Å². The smallest absolute Gasteiger partial charge is 0.309 e. The number of ether oxygens (including phenoxy) is 2. The lowest BCUT2D eigenvalue weighted by molar-refractivity contribution is -0.233. The molecular formula is C40H61NO7. The first-order chi connectivity index (χ1) is 22.3. The molecule has 0 bridgehead atoms. The molecule has 0 spiro atoms. The molecule has 1 amide bonds. The fourth-order valence-corrected chi connectivity index (χ4v) is 12.8. The zero-order valence-electron chi connectivity index (χ0n) is 31.1. The number of hydrogen-bond acceptors (Lipinski definition) is 6. The van der Waals surface area contributed by atoms with Gasteiger partial charge < -0.3 is 19.5 Å². The first-order valence-corrected chi connectivity index (χ1v) is 18.8. The number of aliphatic carboxylic acids is 1. The number of carboxylic acid groups (broad SMARTS) is 1. The fourth-order valence-electron chi connectivity index (χ4n) is 12.8. The summed E-state index contributed by atoms with van der Waals surface area (Å²) in [5.74, 6) is 0.0917. The molecule has 0 radical (unpaired) electrons. The van der Waals surface area contributed by atoms with Crippen molar-refractivity contribution in [2.45, 2.75) is 133 Å². The van der Waals surface area contributed by atoms with Gasteiger partial charge in [0.15, 0.2) is 5.78 Å². The molecular weight excluding hydrogens is 606 g/mol. The van der Waals surface area contributed by atoms with Gasteiger partial charge in [0.1, 0.15) is 6.10 Å². The van der Waals surface area contributed by atoms with Gasteiger partial charge in [-0.2, -0.15) is 0 Å². The topological polar surface area (TPSA) is 110 Å². The van der Waals surface area contributed by atoms with Crippen molar-refractivity contribution in [3.05, 3.63) is 11.1 Å². The summed E-state index contributed by atoms with van der Waals surface area (Å²) in [7, 11) is 0. The van der Waals surface area contributed by atoms with Crippen molar-refractivity contribution in [2.75, 3.05) is 26.3 Å². The van der Waals surface area contributed by atoms with Gasteiger partial charge in [0.05, 0.1) is 30.5 Å². The van der Waals surface area contributed by atoms with Crippen molar-refractivity contribution in [2.24, 2.45) is 56.2 Å². The van der Waals surface area contributed by atoms with Crippen LogP contribution < -0.4 is 0 Å². The quantitative estimate of drug-likeness (QED) is 0.298. The van der Waals surface area contributed by atoms with Gasteiger partial charge in [-0.05, 0) is 116 Å². The highest BCUT2D eigenvalue weighted by Crippen LogP contribution is 2.77. The summed E-state index contributed by atoms with van der Waals surface area (Å²) in [5.41, 5.74) is 0.116. The standard InChI is InChI=1S/C40H61NO7/c1-24(2)31-26(42)22-40(33(44)41-18-20-47-21-19-41)17-16-38(8)25(32(31)40)10-11-28-37(7)14-13-29(48-30(43)23-35(3,4)34(45)46)36(5,6)27(37)12-15-39(28,38)9/h24-25,27-29H,10-23H2,1-9H3,(H,45,46)/t25-,27+,28-,29+,37+,38-,39-,40-/m1/s1. The van der Waals surface area contributed by atoms with Gasteiger partial charge in [-0.1, -0.05) is 48.5 Å². The van der Waals surface area contributed by atoms with E-state index in [0.29, 0.717) is 44.6 Å². The minimum Gasteiger partial charge on any atom is -0.481 e. The van der Waals surface area contributed by atoms with E-state index < -0.39 is 22.8 Å². The molecule has 4 saturated carbocycles. The summed E-state index contributed by atoms with van der Waals surface area (Å²) in [5, 5.41) is 9.58. The number of carbonyl (C=O) groups is 4. The number of rotatable bonds is 6. The minimum atomic E-state index is -1.16. The molecule has 1 N–H and O–H groups in total. The van der Waals surface area contributed by atoms with Gasteiger partial charge in [0.25, 0.3) is 0 Å². The molecule has 5 fully saturated rings. The van der Waals surface area contributed by atoms with Gasteiger partial charge in [0.2, 0.25) is 5.91 Å². The second kappa shape index (κ2) is 11.7.